The van der Waals surface area contributed by atoms with E-state index in [1.807, 2.05) is 43.3 Å². The minimum atomic E-state index is -0.118. The summed E-state index contributed by atoms with van der Waals surface area (Å²) in [4.78, 5) is 12.1. The van der Waals surface area contributed by atoms with Crippen LogP contribution in [0.4, 0.5) is 0 Å². The summed E-state index contributed by atoms with van der Waals surface area (Å²) in [7, 11) is 1.63. The molecule has 0 saturated carbocycles. The highest BCUT2D eigenvalue weighted by molar-refractivity contribution is 5.81. The summed E-state index contributed by atoms with van der Waals surface area (Å²) in [5.74, 6) is 0.684. The van der Waals surface area contributed by atoms with E-state index in [1.54, 1.807) is 7.11 Å². The number of carbonyl (C=O) groups excluding carboxylic acids is 1. The lowest BCUT2D eigenvalue weighted by molar-refractivity contribution is -0.124. The molecule has 3 atom stereocenters. The minimum absolute atomic E-state index is 0.00248. The Labute approximate surface area is 113 Å². The van der Waals surface area contributed by atoms with Gasteiger partial charge in [-0.25, -0.2) is 0 Å². The Balaban J connectivity index is 2.02. The first kappa shape index (κ1) is 13.6. The number of benzene rings is 1. The van der Waals surface area contributed by atoms with Crippen molar-refractivity contribution in [2.75, 3.05) is 7.11 Å². The molecule has 0 spiro atoms. The van der Waals surface area contributed by atoms with Crippen molar-refractivity contribution in [2.24, 2.45) is 11.7 Å². The molecule has 1 amide bonds. The van der Waals surface area contributed by atoms with Gasteiger partial charge < -0.3 is 15.8 Å². The van der Waals surface area contributed by atoms with E-state index in [0.717, 1.165) is 11.3 Å². The average molecular weight is 260 g/mol. The van der Waals surface area contributed by atoms with E-state index in [4.69, 9.17) is 10.5 Å². The predicted octanol–water partition coefficient (Wildman–Crippen LogP) is 1.78. The third-order valence-electron chi connectivity index (χ3n) is 3.42. The summed E-state index contributed by atoms with van der Waals surface area (Å²) in [6.45, 7) is 1.95. The highest BCUT2D eigenvalue weighted by Crippen LogP contribution is 2.25. The van der Waals surface area contributed by atoms with Crippen molar-refractivity contribution in [3.05, 3.63) is 42.0 Å². The number of amides is 1. The molecule has 0 heterocycles. The van der Waals surface area contributed by atoms with E-state index in [0.29, 0.717) is 6.42 Å². The number of carbonyl (C=O) groups is 1. The van der Waals surface area contributed by atoms with Gasteiger partial charge in [0.2, 0.25) is 5.91 Å². The summed E-state index contributed by atoms with van der Waals surface area (Å²) < 4.78 is 5.31. The number of rotatable bonds is 4. The van der Waals surface area contributed by atoms with Gasteiger partial charge in [0.25, 0.3) is 0 Å². The fraction of sp³-hybridized carbons (Fsp3) is 0.400. The Kier molecular flexibility index (Phi) is 4.22. The zero-order valence-corrected chi connectivity index (χ0v) is 11.3. The normalized spacial score (nSPS) is 23.1. The van der Waals surface area contributed by atoms with E-state index in [-0.39, 0.29) is 23.9 Å². The molecule has 0 fully saturated rings. The summed E-state index contributed by atoms with van der Waals surface area (Å²) in [5, 5.41) is 3.01. The topological polar surface area (TPSA) is 64.3 Å². The Morgan fingerprint density at radius 2 is 2.16 bits per heavy atom. The molecule has 1 aliphatic rings. The molecule has 1 aromatic rings. The molecule has 0 aliphatic heterocycles. The third kappa shape index (κ3) is 3.15. The number of nitrogens with one attached hydrogen (secondary N) is 1. The maximum Gasteiger partial charge on any atom is 0.227 e. The molecular weight excluding hydrogens is 240 g/mol. The van der Waals surface area contributed by atoms with Gasteiger partial charge in [-0.05, 0) is 19.4 Å². The van der Waals surface area contributed by atoms with Crippen LogP contribution in [0.25, 0.3) is 0 Å². The highest BCUT2D eigenvalue weighted by Gasteiger charge is 2.24. The van der Waals surface area contributed by atoms with Crippen LogP contribution in [0.2, 0.25) is 0 Å². The first-order chi connectivity index (χ1) is 9.11. The summed E-state index contributed by atoms with van der Waals surface area (Å²) >= 11 is 0. The predicted molar refractivity (Wildman–Crippen MR) is 74.8 cm³/mol. The Morgan fingerprint density at radius 1 is 1.42 bits per heavy atom. The third-order valence-corrected chi connectivity index (χ3v) is 3.42. The number of ether oxygens (including phenoxy) is 1. The van der Waals surface area contributed by atoms with E-state index >= 15 is 0 Å². The van der Waals surface area contributed by atoms with Crippen LogP contribution in [-0.2, 0) is 4.79 Å². The highest BCUT2D eigenvalue weighted by atomic mass is 16.5. The van der Waals surface area contributed by atoms with Gasteiger partial charge in [0.1, 0.15) is 5.75 Å². The van der Waals surface area contributed by atoms with Crippen LogP contribution >= 0.6 is 0 Å². The van der Waals surface area contributed by atoms with Crippen molar-refractivity contribution < 1.29 is 9.53 Å². The van der Waals surface area contributed by atoms with Crippen molar-refractivity contribution in [1.82, 2.24) is 5.32 Å². The number of hydrogen-bond acceptors (Lipinski definition) is 3. The number of para-hydroxylation sites is 1. The first-order valence-corrected chi connectivity index (χ1v) is 6.49. The molecule has 102 valence electrons. The Morgan fingerprint density at radius 3 is 2.79 bits per heavy atom. The van der Waals surface area contributed by atoms with Crippen LogP contribution in [0.3, 0.4) is 0 Å². The van der Waals surface area contributed by atoms with Crippen molar-refractivity contribution in [2.45, 2.75) is 25.4 Å². The van der Waals surface area contributed by atoms with Crippen molar-refractivity contribution in [3.8, 4) is 5.75 Å². The van der Waals surface area contributed by atoms with Crippen LogP contribution < -0.4 is 15.8 Å². The molecule has 1 aliphatic carbocycles. The number of nitrogens with two attached hydrogens (primary N) is 1. The lowest BCUT2D eigenvalue weighted by atomic mass is 10.0. The number of methoxy groups -OCH3 is 1. The fourth-order valence-electron chi connectivity index (χ4n) is 2.34. The van der Waals surface area contributed by atoms with Gasteiger partial charge >= 0.3 is 0 Å². The van der Waals surface area contributed by atoms with Crippen LogP contribution in [0.15, 0.2) is 36.4 Å². The second kappa shape index (κ2) is 5.89. The Bertz CT molecular complexity index is 485. The van der Waals surface area contributed by atoms with E-state index < -0.39 is 0 Å². The van der Waals surface area contributed by atoms with Gasteiger partial charge in [-0.2, -0.15) is 0 Å². The Hall–Kier alpha value is -1.81. The van der Waals surface area contributed by atoms with E-state index in [9.17, 15) is 4.79 Å². The summed E-state index contributed by atoms with van der Waals surface area (Å²) in [5.41, 5.74) is 6.74. The molecule has 3 N–H and O–H groups in total. The molecule has 2 rings (SSSR count). The van der Waals surface area contributed by atoms with Crippen LogP contribution in [-0.4, -0.2) is 19.1 Å². The van der Waals surface area contributed by atoms with Gasteiger partial charge in [0.05, 0.1) is 19.1 Å². The quantitative estimate of drug-likeness (QED) is 0.811. The summed E-state index contributed by atoms with van der Waals surface area (Å²) in [6.07, 6.45) is 4.46. The lowest BCUT2D eigenvalue weighted by Crippen LogP contribution is -2.32. The standard InChI is InChI=1S/C15H20N2O2/c1-10(13-5-3-4-6-14(13)19-2)17-15(18)11-7-8-12(16)9-11/h3-8,10-12H,9,16H2,1-2H3,(H,17,18). The van der Waals surface area contributed by atoms with Gasteiger partial charge in [-0.1, -0.05) is 30.4 Å². The maximum absolute atomic E-state index is 12.1. The molecule has 3 unspecified atom stereocenters. The molecule has 0 aromatic heterocycles. The second-order valence-corrected chi connectivity index (χ2v) is 4.86. The SMILES string of the molecule is COc1ccccc1C(C)NC(=O)C1C=CC(N)C1. The molecule has 0 bridgehead atoms. The molecular formula is C15H20N2O2. The van der Waals surface area contributed by atoms with Gasteiger partial charge in [0.15, 0.2) is 0 Å². The van der Waals surface area contributed by atoms with Gasteiger partial charge in [0, 0.05) is 11.6 Å². The molecule has 4 nitrogen and oxygen atoms in total. The zero-order chi connectivity index (χ0) is 13.8. The van der Waals surface area contributed by atoms with Crippen LogP contribution in [0, 0.1) is 5.92 Å². The molecule has 0 radical (unpaired) electrons. The van der Waals surface area contributed by atoms with Gasteiger partial charge in [-0.3, -0.25) is 4.79 Å². The summed E-state index contributed by atoms with van der Waals surface area (Å²) in [6, 6.07) is 7.61. The van der Waals surface area contributed by atoms with Crippen LogP contribution in [0.1, 0.15) is 24.9 Å². The van der Waals surface area contributed by atoms with Gasteiger partial charge in [-0.15, -0.1) is 0 Å². The second-order valence-electron chi connectivity index (χ2n) is 4.86. The van der Waals surface area contributed by atoms with Crippen LogP contribution in [0.5, 0.6) is 5.75 Å². The minimum Gasteiger partial charge on any atom is -0.496 e. The maximum atomic E-state index is 12.1. The monoisotopic (exact) mass is 260 g/mol. The largest absolute Gasteiger partial charge is 0.496 e. The van der Waals surface area contributed by atoms with E-state index in [2.05, 4.69) is 5.32 Å². The van der Waals surface area contributed by atoms with Crippen molar-refractivity contribution in [1.29, 1.82) is 0 Å². The molecule has 0 saturated heterocycles. The average Bonchev–Trinajstić information content (AvgIpc) is 2.85. The molecule has 4 heteroatoms. The molecule has 1 aromatic carbocycles. The van der Waals surface area contributed by atoms with E-state index in [1.165, 1.54) is 0 Å². The first-order valence-electron chi connectivity index (χ1n) is 6.49. The zero-order valence-electron chi connectivity index (χ0n) is 11.3. The van der Waals surface area contributed by atoms with Crippen molar-refractivity contribution in [3.63, 3.8) is 0 Å². The smallest absolute Gasteiger partial charge is 0.227 e. The lowest BCUT2D eigenvalue weighted by Gasteiger charge is -2.19. The fourth-order valence-corrected chi connectivity index (χ4v) is 2.34. The molecule has 19 heavy (non-hydrogen) atoms. The van der Waals surface area contributed by atoms with Crippen molar-refractivity contribution >= 4 is 5.91 Å². The number of hydrogen-bond donors (Lipinski definition) is 2.